The number of aryl methyl sites for hydroxylation is 1. The van der Waals surface area contributed by atoms with Crippen LogP contribution in [0.1, 0.15) is 48.8 Å². The van der Waals surface area contributed by atoms with Crippen molar-refractivity contribution in [3.8, 4) is 0 Å². The molecular formula is C16H26N2S. The average Bonchev–Trinajstić information content (AvgIpc) is 3.01. The Kier molecular flexibility index (Phi) is 4.57. The van der Waals surface area contributed by atoms with Gasteiger partial charge in [0.1, 0.15) is 0 Å². The first-order valence-corrected chi connectivity index (χ1v) is 8.69. The highest BCUT2D eigenvalue weighted by Gasteiger charge is 2.32. The van der Waals surface area contributed by atoms with Gasteiger partial charge in [0.25, 0.3) is 0 Å². The highest BCUT2D eigenvalue weighted by atomic mass is 32.1. The van der Waals surface area contributed by atoms with Gasteiger partial charge in [-0.3, -0.25) is 0 Å². The van der Waals surface area contributed by atoms with E-state index in [2.05, 4.69) is 29.7 Å². The summed E-state index contributed by atoms with van der Waals surface area (Å²) in [4.78, 5) is 2.99. The molecule has 3 heteroatoms. The van der Waals surface area contributed by atoms with E-state index in [0.29, 0.717) is 0 Å². The highest BCUT2D eigenvalue weighted by Crippen LogP contribution is 2.32. The molecule has 2 N–H and O–H groups in total. The molecular weight excluding hydrogens is 252 g/mol. The zero-order valence-corrected chi connectivity index (χ0v) is 12.8. The van der Waals surface area contributed by atoms with Crippen molar-refractivity contribution in [3.05, 3.63) is 21.9 Å². The Morgan fingerprint density at radius 2 is 1.95 bits per heavy atom. The molecule has 0 aliphatic carbocycles. The molecule has 2 aliphatic heterocycles. The first-order chi connectivity index (χ1) is 9.33. The van der Waals surface area contributed by atoms with Crippen molar-refractivity contribution in [1.82, 2.24) is 10.6 Å². The third-order valence-corrected chi connectivity index (χ3v) is 5.89. The van der Waals surface area contributed by atoms with E-state index in [9.17, 15) is 0 Å². The molecule has 2 unspecified atom stereocenters. The number of rotatable bonds is 6. The Morgan fingerprint density at radius 3 is 2.63 bits per heavy atom. The molecule has 2 aliphatic rings. The zero-order chi connectivity index (χ0) is 13.1. The van der Waals surface area contributed by atoms with Crippen LogP contribution in [0.3, 0.4) is 0 Å². The van der Waals surface area contributed by atoms with Gasteiger partial charge in [-0.15, -0.1) is 11.3 Å². The van der Waals surface area contributed by atoms with Crippen molar-refractivity contribution < 1.29 is 0 Å². The molecule has 3 rings (SSSR count). The zero-order valence-electron chi connectivity index (χ0n) is 12.0. The van der Waals surface area contributed by atoms with E-state index in [4.69, 9.17) is 0 Å². The van der Waals surface area contributed by atoms with Gasteiger partial charge in [-0.25, -0.2) is 0 Å². The van der Waals surface area contributed by atoms with Gasteiger partial charge in [-0.2, -0.15) is 0 Å². The molecule has 2 bridgehead atoms. The summed E-state index contributed by atoms with van der Waals surface area (Å²) >= 11 is 1.96. The summed E-state index contributed by atoms with van der Waals surface area (Å²) in [7, 11) is 0. The lowest BCUT2D eigenvalue weighted by Crippen LogP contribution is -2.38. The topological polar surface area (TPSA) is 24.1 Å². The second-order valence-corrected chi connectivity index (χ2v) is 7.42. The molecule has 1 aromatic heterocycles. The van der Waals surface area contributed by atoms with E-state index >= 15 is 0 Å². The van der Waals surface area contributed by atoms with Crippen LogP contribution in [0.25, 0.3) is 0 Å². The lowest BCUT2D eigenvalue weighted by Gasteiger charge is -2.29. The fraction of sp³-hybridized carbons (Fsp3) is 0.750. The van der Waals surface area contributed by atoms with E-state index in [1.165, 1.54) is 54.8 Å². The monoisotopic (exact) mass is 278 g/mol. The van der Waals surface area contributed by atoms with E-state index in [-0.39, 0.29) is 0 Å². The number of piperidine rings is 1. The summed E-state index contributed by atoms with van der Waals surface area (Å²) in [5.74, 6) is 0.959. The molecule has 106 valence electrons. The minimum atomic E-state index is 0.841. The Morgan fingerprint density at radius 1 is 1.21 bits per heavy atom. The lowest BCUT2D eigenvalue weighted by atomic mass is 9.90. The van der Waals surface area contributed by atoms with Crippen molar-refractivity contribution >= 4 is 11.3 Å². The second kappa shape index (κ2) is 6.38. The van der Waals surface area contributed by atoms with Crippen LogP contribution in [-0.2, 0) is 13.0 Å². The highest BCUT2D eigenvalue weighted by molar-refractivity contribution is 7.11. The Labute approximate surface area is 121 Å². The Balaban J connectivity index is 1.34. The smallest absolute Gasteiger partial charge is 0.0299 e. The van der Waals surface area contributed by atoms with Crippen LogP contribution >= 0.6 is 11.3 Å². The van der Waals surface area contributed by atoms with Crippen molar-refractivity contribution in [3.63, 3.8) is 0 Å². The van der Waals surface area contributed by atoms with E-state index in [1.807, 2.05) is 11.3 Å². The molecule has 0 aromatic carbocycles. The van der Waals surface area contributed by atoms with Gasteiger partial charge in [0.2, 0.25) is 0 Å². The molecule has 2 atom stereocenters. The van der Waals surface area contributed by atoms with Crippen molar-refractivity contribution in [2.75, 3.05) is 6.54 Å². The number of fused-ring (bicyclic) bond motifs is 2. The van der Waals surface area contributed by atoms with Gasteiger partial charge >= 0.3 is 0 Å². The third kappa shape index (κ3) is 3.59. The molecule has 0 radical (unpaired) electrons. The minimum Gasteiger partial charge on any atom is -0.312 e. The minimum absolute atomic E-state index is 0.841. The molecule has 0 saturated carbocycles. The van der Waals surface area contributed by atoms with Crippen LogP contribution in [0.4, 0.5) is 0 Å². The Bertz CT molecular complexity index is 389. The molecule has 0 amide bonds. The summed E-state index contributed by atoms with van der Waals surface area (Å²) in [5.41, 5.74) is 0. The maximum Gasteiger partial charge on any atom is 0.0299 e. The summed E-state index contributed by atoms with van der Waals surface area (Å²) in [6, 6.07) is 6.23. The Hall–Kier alpha value is -0.380. The van der Waals surface area contributed by atoms with Gasteiger partial charge < -0.3 is 10.6 Å². The van der Waals surface area contributed by atoms with Crippen LogP contribution in [0.5, 0.6) is 0 Å². The predicted molar refractivity (Wildman–Crippen MR) is 82.7 cm³/mol. The van der Waals surface area contributed by atoms with E-state index in [1.54, 1.807) is 0 Å². The van der Waals surface area contributed by atoms with Crippen LogP contribution in [-0.4, -0.2) is 18.6 Å². The van der Waals surface area contributed by atoms with Crippen LogP contribution in [0, 0.1) is 5.92 Å². The molecule has 19 heavy (non-hydrogen) atoms. The predicted octanol–water partition coefficient (Wildman–Crippen LogP) is 3.32. The summed E-state index contributed by atoms with van der Waals surface area (Å²) in [5, 5.41) is 7.35. The van der Waals surface area contributed by atoms with Gasteiger partial charge in [0.15, 0.2) is 0 Å². The van der Waals surface area contributed by atoms with E-state index < -0.39 is 0 Å². The first kappa shape index (κ1) is 13.6. The normalized spacial score (nSPS) is 29.8. The van der Waals surface area contributed by atoms with Crippen molar-refractivity contribution in [1.29, 1.82) is 0 Å². The summed E-state index contributed by atoms with van der Waals surface area (Å²) in [6.45, 7) is 4.47. The SMILES string of the molecule is CCc1ccc(CNCCC2CC3CCC(C2)N3)s1. The first-order valence-electron chi connectivity index (χ1n) is 7.88. The summed E-state index contributed by atoms with van der Waals surface area (Å²) < 4.78 is 0. The standard InChI is InChI=1S/C16H26N2S/c1-2-15-5-6-16(19-15)11-17-8-7-12-9-13-3-4-14(10-12)18-13/h5-6,12-14,17-18H,2-4,7-11H2,1H3. The molecule has 1 aromatic rings. The van der Waals surface area contributed by atoms with Gasteiger partial charge in [-0.05, 0) is 63.1 Å². The lowest BCUT2D eigenvalue weighted by molar-refractivity contribution is 0.283. The van der Waals surface area contributed by atoms with Gasteiger partial charge in [0, 0.05) is 28.4 Å². The van der Waals surface area contributed by atoms with Crippen molar-refractivity contribution in [2.45, 2.75) is 64.1 Å². The third-order valence-electron chi connectivity index (χ3n) is 4.67. The fourth-order valence-corrected chi connectivity index (χ4v) is 4.56. The fourth-order valence-electron chi connectivity index (χ4n) is 3.64. The number of hydrogen-bond acceptors (Lipinski definition) is 3. The van der Waals surface area contributed by atoms with Crippen LogP contribution in [0.15, 0.2) is 12.1 Å². The second-order valence-electron chi connectivity index (χ2n) is 6.16. The molecule has 0 spiro atoms. The quantitative estimate of drug-likeness (QED) is 0.780. The van der Waals surface area contributed by atoms with Gasteiger partial charge in [-0.1, -0.05) is 6.92 Å². The van der Waals surface area contributed by atoms with Crippen molar-refractivity contribution in [2.24, 2.45) is 5.92 Å². The average molecular weight is 278 g/mol. The number of nitrogens with one attached hydrogen (secondary N) is 2. The number of hydrogen-bond donors (Lipinski definition) is 2. The molecule has 2 saturated heterocycles. The van der Waals surface area contributed by atoms with Crippen LogP contribution in [0.2, 0.25) is 0 Å². The maximum atomic E-state index is 3.73. The molecule has 2 fully saturated rings. The van der Waals surface area contributed by atoms with Gasteiger partial charge in [0.05, 0.1) is 0 Å². The van der Waals surface area contributed by atoms with Crippen LogP contribution < -0.4 is 10.6 Å². The summed E-state index contributed by atoms with van der Waals surface area (Å²) in [6.07, 6.45) is 8.20. The molecule has 2 nitrogen and oxygen atoms in total. The molecule has 3 heterocycles. The largest absolute Gasteiger partial charge is 0.312 e. The number of thiophene rings is 1. The van der Waals surface area contributed by atoms with E-state index in [0.717, 1.165) is 24.5 Å². The maximum absolute atomic E-state index is 3.73.